The van der Waals surface area contributed by atoms with Gasteiger partial charge in [-0.25, -0.2) is 4.98 Å². The van der Waals surface area contributed by atoms with Crippen LogP contribution in [0.5, 0.6) is 0 Å². The zero-order valence-corrected chi connectivity index (χ0v) is 12.5. The second-order valence-electron chi connectivity index (χ2n) is 4.88. The highest BCUT2D eigenvalue weighted by Gasteiger charge is 2.17. The Labute approximate surface area is 114 Å². The minimum absolute atomic E-state index is 0.158. The number of para-hydroxylation sites is 1. The molecule has 1 aromatic heterocycles. The largest absolute Gasteiger partial charge is 0.331 e. The molecule has 90 valence electrons. The van der Waals surface area contributed by atoms with Crippen LogP contribution in [0.4, 0.5) is 10.8 Å². The van der Waals surface area contributed by atoms with Gasteiger partial charge in [0, 0.05) is 15.5 Å². The molecule has 0 fully saturated rings. The summed E-state index contributed by atoms with van der Waals surface area (Å²) in [5, 5.41) is 4.26. The molecule has 0 aliphatic heterocycles. The molecule has 0 saturated carbocycles. The standard InChI is InChI=1S/C13H15BrN2S/c1-13(2,3)11-8-15-12(17-11)16-10-7-5-4-6-9(10)14/h4-8H,1-3H3,(H,15,16). The zero-order chi connectivity index (χ0) is 12.5. The van der Waals surface area contributed by atoms with Crippen LogP contribution in [0.25, 0.3) is 0 Å². The van der Waals surface area contributed by atoms with Gasteiger partial charge >= 0.3 is 0 Å². The molecule has 0 atom stereocenters. The van der Waals surface area contributed by atoms with E-state index in [4.69, 9.17) is 0 Å². The fourth-order valence-electron chi connectivity index (χ4n) is 1.36. The molecule has 0 spiro atoms. The first kappa shape index (κ1) is 12.6. The van der Waals surface area contributed by atoms with Gasteiger partial charge < -0.3 is 5.32 Å². The maximum Gasteiger partial charge on any atom is 0.187 e. The fraction of sp³-hybridized carbons (Fsp3) is 0.308. The zero-order valence-electron chi connectivity index (χ0n) is 10.1. The second kappa shape index (κ2) is 4.78. The number of anilines is 2. The lowest BCUT2D eigenvalue weighted by Gasteiger charge is -2.14. The average molecular weight is 311 g/mol. The van der Waals surface area contributed by atoms with E-state index >= 15 is 0 Å². The number of halogens is 1. The molecule has 0 aliphatic carbocycles. The normalized spacial score (nSPS) is 11.5. The first-order valence-electron chi connectivity index (χ1n) is 5.45. The molecule has 1 aromatic carbocycles. The molecule has 2 nitrogen and oxygen atoms in total. The van der Waals surface area contributed by atoms with Crippen molar-refractivity contribution in [3.63, 3.8) is 0 Å². The molecular formula is C13H15BrN2S. The number of benzene rings is 1. The van der Waals surface area contributed by atoms with Crippen molar-refractivity contribution in [3.8, 4) is 0 Å². The molecule has 4 heteroatoms. The summed E-state index contributed by atoms with van der Waals surface area (Å²) in [6.45, 7) is 6.59. The lowest BCUT2D eigenvalue weighted by atomic mass is 9.96. The molecule has 0 aliphatic rings. The molecule has 0 amide bonds. The monoisotopic (exact) mass is 310 g/mol. The van der Waals surface area contributed by atoms with E-state index in [1.807, 2.05) is 30.5 Å². The summed E-state index contributed by atoms with van der Waals surface area (Å²) in [4.78, 5) is 5.69. The number of thiazole rings is 1. The van der Waals surface area contributed by atoms with E-state index < -0.39 is 0 Å². The van der Waals surface area contributed by atoms with Crippen LogP contribution in [0.2, 0.25) is 0 Å². The van der Waals surface area contributed by atoms with Crippen molar-refractivity contribution in [1.82, 2.24) is 4.98 Å². The van der Waals surface area contributed by atoms with Crippen LogP contribution in [-0.2, 0) is 5.41 Å². The third-order valence-corrected chi connectivity index (χ3v) is 4.39. The Balaban J connectivity index is 2.21. The Morgan fingerprint density at radius 1 is 1.24 bits per heavy atom. The summed E-state index contributed by atoms with van der Waals surface area (Å²) in [7, 11) is 0. The van der Waals surface area contributed by atoms with Gasteiger partial charge in [-0.3, -0.25) is 0 Å². The maximum atomic E-state index is 4.41. The van der Waals surface area contributed by atoms with E-state index in [9.17, 15) is 0 Å². The average Bonchev–Trinajstić information content (AvgIpc) is 2.69. The van der Waals surface area contributed by atoms with Gasteiger partial charge in [0.05, 0.1) is 5.69 Å². The first-order valence-corrected chi connectivity index (χ1v) is 7.05. The molecule has 0 radical (unpaired) electrons. The van der Waals surface area contributed by atoms with E-state index in [-0.39, 0.29) is 5.41 Å². The third kappa shape index (κ3) is 3.07. The van der Waals surface area contributed by atoms with Crippen molar-refractivity contribution in [2.75, 3.05) is 5.32 Å². The van der Waals surface area contributed by atoms with Crippen molar-refractivity contribution in [2.24, 2.45) is 0 Å². The predicted octanol–water partition coefficient (Wildman–Crippen LogP) is 4.95. The van der Waals surface area contributed by atoms with Crippen LogP contribution in [0.1, 0.15) is 25.6 Å². The number of hydrogen-bond acceptors (Lipinski definition) is 3. The lowest BCUT2D eigenvalue weighted by molar-refractivity contribution is 0.602. The molecule has 0 unspecified atom stereocenters. The van der Waals surface area contributed by atoms with E-state index in [1.165, 1.54) is 4.88 Å². The van der Waals surface area contributed by atoms with Crippen molar-refractivity contribution in [1.29, 1.82) is 0 Å². The van der Waals surface area contributed by atoms with E-state index in [2.05, 4.69) is 47.0 Å². The summed E-state index contributed by atoms with van der Waals surface area (Å²) in [5.74, 6) is 0. The highest BCUT2D eigenvalue weighted by molar-refractivity contribution is 9.10. The molecule has 1 heterocycles. The summed E-state index contributed by atoms with van der Waals surface area (Å²) in [6.07, 6.45) is 1.95. The van der Waals surface area contributed by atoms with Crippen LogP contribution >= 0.6 is 27.3 Å². The minimum Gasteiger partial charge on any atom is -0.331 e. The molecule has 0 bridgehead atoms. The Bertz CT molecular complexity index is 514. The molecule has 2 rings (SSSR count). The minimum atomic E-state index is 0.158. The van der Waals surface area contributed by atoms with Gasteiger partial charge in [-0.2, -0.15) is 0 Å². The van der Waals surface area contributed by atoms with Gasteiger partial charge in [0.2, 0.25) is 0 Å². The topological polar surface area (TPSA) is 24.9 Å². The molecule has 0 saturated heterocycles. The number of hydrogen-bond donors (Lipinski definition) is 1. The Kier molecular flexibility index (Phi) is 3.54. The SMILES string of the molecule is CC(C)(C)c1cnc(Nc2ccccc2Br)s1. The van der Waals surface area contributed by atoms with Gasteiger partial charge in [0.1, 0.15) is 0 Å². The predicted molar refractivity (Wildman–Crippen MR) is 78.2 cm³/mol. The summed E-state index contributed by atoms with van der Waals surface area (Å²) >= 11 is 5.21. The summed E-state index contributed by atoms with van der Waals surface area (Å²) in [6, 6.07) is 8.05. The van der Waals surface area contributed by atoms with E-state index in [0.29, 0.717) is 0 Å². The van der Waals surface area contributed by atoms with E-state index in [0.717, 1.165) is 15.3 Å². The fourth-order valence-corrected chi connectivity index (χ4v) is 2.63. The third-order valence-electron chi connectivity index (χ3n) is 2.36. The van der Waals surface area contributed by atoms with Crippen molar-refractivity contribution < 1.29 is 0 Å². The van der Waals surface area contributed by atoms with Gasteiger partial charge in [-0.15, -0.1) is 11.3 Å². The molecule has 2 aromatic rings. The highest BCUT2D eigenvalue weighted by atomic mass is 79.9. The van der Waals surface area contributed by atoms with Crippen molar-refractivity contribution in [2.45, 2.75) is 26.2 Å². The number of nitrogens with one attached hydrogen (secondary N) is 1. The van der Waals surface area contributed by atoms with Gasteiger partial charge in [-0.05, 0) is 33.5 Å². The number of aromatic nitrogens is 1. The van der Waals surface area contributed by atoms with E-state index in [1.54, 1.807) is 11.3 Å². The molecule has 17 heavy (non-hydrogen) atoms. The van der Waals surface area contributed by atoms with Crippen LogP contribution in [0.15, 0.2) is 34.9 Å². The smallest absolute Gasteiger partial charge is 0.187 e. The van der Waals surface area contributed by atoms with Gasteiger partial charge in [-0.1, -0.05) is 32.9 Å². The lowest BCUT2D eigenvalue weighted by Crippen LogP contribution is -2.07. The van der Waals surface area contributed by atoms with Crippen LogP contribution < -0.4 is 5.32 Å². The number of nitrogens with zero attached hydrogens (tertiary/aromatic N) is 1. The highest BCUT2D eigenvalue weighted by Crippen LogP contribution is 2.33. The van der Waals surface area contributed by atoms with Crippen LogP contribution in [0, 0.1) is 0 Å². The Hall–Kier alpha value is -0.870. The number of rotatable bonds is 2. The quantitative estimate of drug-likeness (QED) is 0.849. The Morgan fingerprint density at radius 3 is 2.53 bits per heavy atom. The molecular weight excluding hydrogens is 296 g/mol. The van der Waals surface area contributed by atoms with Crippen molar-refractivity contribution in [3.05, 3.63) is 39.8 Å². The van der Waals surface area contributed by atoms with Crippen LogP contribution in [-0.4, -0.2) is 4.98 Å². The van der Waals surface area contributed by atoms with Gasteiger partial charge in [0.25, 0.3) is 0 Å². The second-order valence-corrected chi connectivity index (χ2v) is 6.77. The van der Waals surface area contributed by atoms with Crippen LogP contribution in [0.3, 0.4) is 0 Å². The van der Waals surface area contributed by atoms with Crippen molar-refractivity contribution >= 4 is 38.1 Å². The summed E-state index contributed by atoms with van der Waals surface area (Å²) < 4.78 is 1.05. The Morgan fingerprint density at radius 2 is 1.94 bits per heavy atom. The molecule has 1 N–H and O–H groups in total. The first-order chi connectivity index (χ1) is 7.97. The van der Waals surface area contributed by atoms with Gasteiger partial charge in [0.15, 0.2) is 5.13 Å². The summed E-state index contributed by atoms with van der Waals surface area (Å²) in [5.41, 5.74) is 1.20. The maximum absolute atomic E-state index is 4.41.